The highest BCUT2D eigenvalue weighted by Crippen LogP contribution is 2.50. The van der Waals surface area contributed by atoms with Crippen LogP contribution >= 0.6 is 0 Å². The number of carbonyl (C=O) groups excluding carboxylic acids is 2. The summed E-state index contributed by atoms with van der Waals surface area (Å²) in [5, 5.41) is 0. The van der Waals surface area contributed by atoms with Gasteiger partial charge in [0.25, 0.3) is 5.91 Å². The smallest absolute Gasteiger partial charge is 0.417 e. The molecule has 5 nitrogen and oxygen atoms in total. The minimum Gasteiger partial charge on any atom is -0.443 e. The molecular formula is C22H28N2O3. The van der Waals surface area contributed by atoms with Crippen LogP contribution in [0.3, 0.4) is 0 Å². The van der Waals surface area contributed by atoms with E-state index in [0.717, 1.165) is 18.4 Å². The third-order valence-corrected chi connectivity index (χ3v) is 4.93. The predicted octanol–water partition coefficient (Wildman–Crippen LogP) is 3.85. The number of imide groups is 1. The van der Waals surface area contributed by atoms with Gasteiger partial charge < -0.3 is 9.64 Å². The van der Waals surface area contributed by atoms with E-state index in [1.807, 2.05) is 64.2 Å². The van der Waals surface area contributed by atoms with E-state index in [-0.39, 0.29) is 17.9 Å². The van der Waals surface area contributed by atoms with E-state index in [9.17, 15) is 9.59 Å². The van der Waals surface area contributed by atoms with Crippen molar-refractivity contribution in [1.82, 2.24) is 9.80 Å². The molecule has 1 heterocycles. The van der Waals surface area contributed by atoms with E-state index in [4.69, 9.17) is 4.74 Å². The molecule has 2 unspecified atom stereocenters. The Kier molecular flexibility index (Phi) is 4.89. The van der Waals surface area contributed by atoms with Gasteiger partial charge in [0.05, 0.1) is 6.04 Å². The Morgan fingerprint density at radius 1 is 1.37 bits per heavy atom. The Bertz CT molecular complexity index is 817. The second-order valence-electron chi connectivity index (χ2n) is 8.44. The maximum atomic E-state index is 13.1. The molecule has 1 aromatic carbocycles. The lowest BCUT2D eigenvalue weighted by atomic mass is 9.96. The fourth-order valence-electron chi connectivity index (χ4n) is 4.04. The first kappa shape index (κ1) is 19.2. The highest BCUT2D eigenvalue weighted by Gasteiger charge is 2.53. The number of hydrogen-bond donors (Lipinski definition) is 0. The topological polar surface area (TPSA) is 49.9 Å². The standard InChI is InChI=1S/C22H28N2O3/c1-7-9-14-10-8-11-15-16(14)12-17-18(13-23(5)6)20(25)24(19(15)17)21(26)27-22(2,3)4/h7-8,10-11,13,17,19H,1,9,12H2,2-6H3. The molecule has 0 N–H and O–H groups in total. The molecule has 0 aromatic heterocycles. The van der Waals surface area contributed by atoms with Crippen LogP contribution < -0.4 is 0 Å². The molecule has 2 amide bonds. The molecule has 27 heavy (non-hydrogen) atoms. The van der Waals surface area contributed by atoms with Crippen LogP contribution in [-0.2, 0) is 22.4 Å². The zero-order chi connectivity index (χ0) is 19.9. The fourth-order valence-corrected chi connectivity index (χ4v) is 4.04. The number of carbonyl (C=O) groups is 2. The third-order valence-electron chi connectivity index (χ3n) is 4.93. The van der Waals surface area contributed by atoms with Crippen LogP contribution in [0, 0.1) is 5.92 Å². The third kappa shape index (κ3) is 3.51. The number of benzene rings is 1. The van der Waals surface area contributed by atoms with Gasteiger partial charge in [-0.2, -0.15) is 0 Å². The number of hydrogen-bond acceptors (Lipinski definition) is 4. The van der Waals surface area contributed by atoms with Crippen LogP contribution in [0.15, 0.2) is 42.6 Å². The van der Waals surface area contributed by atoms with Crippen molar-refractivity contribution < 1.29 is 14.3 Å². The first-order chi connectivity index (χ1) is 12.6. The van der Waals surface area contributed by atoms with Crippen LogP contribution in [0.25, 0.3) is 0 Å². The van der Waals surface area contributed by atoms with E-state index in [0.29, 0.717) is 5.57 Å². The van der Waals surface area contributed by atoms with E-state index in [1.54, 1.807) is 0 Å². The van der Waals surface area contributed by atoms with Gasteiger partial charge >= 0.3 is 6.09 Å². The summed E-state index contributed by atoms with van der Waals surface area (Å²) in [6, 6.07) is 5.80. The van der Waals surface area contributed by atoms with Crippen molar-refractivity contribution >= 4 is 12.0 Å². The summed E-state index contributed by atoms with van der Waals surface area (Å²) in [7, 11) is 3.77. The summed E-state index contributed by atoms with van der Waals surface area (Å²) >= 11 is 0. The van der Waals surface area contributed by atoms with E-state index in [1.165, 1.54) is 16.0 Å². The Hall–Kier alpha value is -2.56. The monoisotopic (exact) mass is 368 g/mol. The quantitative estimate of drug-likeness (QED) is 0.601. The van der Waals surface area contributed by atoms with Gasteiger partial charge in [-0.15, -0.1) is 6.58 Å². The minimum absolute atomic E-state index is 0.0478. The predicted molar refractivity (Wildman–Crippen MR) is 105 cm³/mol. The number of rotatable bonds is 3. The highest BCUT2D eigenvalue weighted by atomic mass is 16.6. The lowest BCUT2D eigenvalue weighted by Crippen LogP contribution is -2.39. The van der Waals surface area contributed by atoms with Gasteiger partial charge in [0.15, 0.2) is 0 Å². The lowest BCUT2D eigenvalue weighted by molar-refractivity contribution is -0.125. The molecule has 1 aromatic rings. The van der Waals surface area contributed by atoms with Gasteiger partial charge in [0, 0.05) is 31.8 Å². The second-order valence-corrected chi connectivity index (χ2v) is 8.44. The number of amides is 2. The van der Waals surface area contributed by atoms with Crippen molar-refractivity contribution in [3.8, 4) is 0 Å². The molecule has 2 atom stereocenters. The van der Waals surface area contributed by atoms with E-state index >= 15 is 0 Å². The van der Waals surface area contributed by atoms with Crippen LogP contribution in [-0.4, -0.2) is 41.5 Å². The van der Waals surface area contributed by atoms with Crippen molar-refractivity contribution in [3.05, 3.63) is 59.3 Å². The second kappa shape index (κ2) is 6.87. The van der Waals surface area contributed by atoms with Crippen LogP contribution in [0.4, 0.5) is 4.79 Å². The van der Waals surface area contributed by atoms with Gasteiger partial charge in [0.2, 0.25) is 0 Å². The Morgan fingerprint density at radius 3 is 2.67 bits per heavy atom. The molecule has 5 heteroatoms. The highest BCUT2D eigenvalue weighted by molar-refractivity contribution is 6.06. The Morgan fingerprint density at radius 2 is 2.07 bits per heavy atom. The molecule has 1 aliphatic heterocycles. The molecule has 0 spiro atoms. The summed E-state index contributed by atoms with van der Waals surface area (Å²) in [6.07, 6.45) is 4.66. The molecule has 0 saturated carbocycles. The summed E-state index contributed by atoms with van der Waals surface area (Å²) in [5.74, 6) is -0.305. The molecular weight excluding hydrogens is 340 g/mol. The largest absolute Gasteiger partial charge is 0.443 e. The zero-order valence-corrected chi connectivity index (χ0v) is 16.8. The average molecular weight is 368 g/mol. The maximum absolute atomic E-state index is 13.1. The van der Waals surface area contributed by atoms with Gasteiger partial charge in [0.1, 0.15) is 5.60 Å². The molecule has 1 aliphatic carbocycles. The summed E-state index contributed by atoms with van der Waals surface area (Å²) in [4.78, 5) is 29.2. The number of fused-ring (bicyclic) bond motifs is 3. The molecule has 1 fully saturated rings. The van der Waals surface area contributed by atoms with Crippen molar-refractivity contribution in [2.45, 2.75) is 45.3 Å². The molecule has 0 radical (unpaired) electrons. The molecule has 144 valence electrons. The molecule has 1 saturated heterocycles. The van der Waals surface area contributed by atoms with Crippen molar-refractivity contribution in [2.24, 2.45) is 5.92 Å². The zero-order valence-electron chi connectivity index (χ0n) is 16.8. The number of likely N-dealkylation sites (tertiary alicyclic amines) is 1. The number of allylic oxidation sites excluding steroid dienone is 1. The van der Waals surface area contributed by atoms with Gasteiger partial charge in [-0.05, 0) is 50.3 Å². The van der Waals surface area contributed by atoms with Crippen LogP contribution in [0.5, 0.6) is 0 Å². The van der Waals surface area contributed by atoms with E-state index < -0.39 is 11.7 Å². The van der Waals surface area contributed by atoms with Crippen LogP contribution in [0.2, 0.25) is 0 Å². The Balaban J connectivity index is 2.09. The number of nitrogens with zero attached hydrogens (tertiary/aromatic N) is 2. The van der Waals surface area contributed by atoms with E-state index in [2.05, 4.69) is 12.6 Å². The van der Waals surface area contributed by atoms with Crippen molar-refractivity contribution in [2.75, 3.05) is 14.1 Å². The minimum atomic E-state index is -0.660. The normalized spacial score (nSPS) is 22.6. The molecule has 2 aliphatic rings. The fraction of sp³-hybridized carbons (Fsp3) is 0.455. The van der Waals surface area contributed by atoms with Crippen LogP contribution in [0.1, 0.15) is 43.5 Å². The molecule has 3 rings (SSSR count). The van der Waals surface area contributed by atoms with Gasteiger partial charge in [-0.3, -0.25) is 4.79 Å². The van der Waals surface area contributed by atoms with Crippen molar-refractivity contribution in [3.63, 3.8) is 0 Å². The van der Waals surface area contributed by atoms with Crippen molar-refractivity contribution in [1.29, 1.82) is 0 Å². The van der Waals surface area contributed by atoms with Gasteiger partial charge in [-0.25, -0.2) is 9.69 Å². The SMILES string of the molecule is C=CCc1cccc2c1CC1C(=CN(C)C)C(=O)N(C(=O)OC(C)(C)C)C21. The molecule has 0 bridgehead atoms. The Labute approximate surface area is 161 Å². The number of ether oxygens (including phenoxy) is 1. The first-order valence-electron chi connectivity index (χ1n) is 9.30. The summed E-state index contributed by atoms with van der Waals surface area (Å²) in [5.41, 5.74) is 3.47. The van der Waals surface area contributed by atoms with Gasteiger partial charge in [-0.1, -0.05) is 24.3 Å². The first-order valence-corrected chi connectivity index (χ1v) is 9.30. The average Bonchev–Trinajstić information content (AvgIpc) is 3.02. The maximum Gasteiger partial charge on any atom is 0.417 e. The lowest BCUT2D eigenvalue weighted by Gasteiger charge is -2.27. The summed E-state index contributed by atoms with van der Waals surface area (Å²) < 4.78 is 5.56. The summed E-state index contributed by atoms with van der Waals surface area (Å²) in [6.45, 7) is 9.28.